The van der Waals surface area contributed by atoms with Gasteiger partial charge in [-0.2, -0.15) is 18.3 Å². The van der Waals surface area contributed by atoms with Crippen LogP contribution in [0.5, 0.6) is 0 Å². The Morgan fingerprint density at radius 2 is 1.97 bits per heavy atom. The van der Waals surface area contributed by atoms with E-state index in [0.717, 1.165) is 48.4 Å². The van der Waals surface area contributed by atoms with Crippen molar-refractivity contribution in [3.63, 3.8) is 0 Å². The lowest BCUT2D eigenvalue weighted by Crippen LogP contribution is -2.35. The van der Waals surface area contributed by atoms with Crippen LogP contribution in [-0.4, -0.2) is 57.3 Å². The summed E-state index contributed by atoms with van der Waals surface area (Å²) in [5.41, 5.74) is 1.91. The highest BCUT2D eigenvalue weighted by Crippen LogP contribution is 2.33. The first-order chi connectivity index (χ1) is 16.8. The maximum absolute atomic E-state index is 13.1. The highest BCUT2D eigenvalue weighted by atomic mass is 35.5. The Labute approximate surface area is 202 Å². The van der Waals surface area contributed by atoms with E-state index in [2.05, 4.69) is 30.4 Å². The number of hydrogen-bond acceptors (Lipinski definition) is 5. The molecule has 182 valence electrons. The number of halogens is 4. The van der Waals surface area contributed by atoms with Gasteiger partial charge in [-0.05, 0) is 35.9 Å². The van der Waals surface area contributed by atoms with Gasteiger partial charge in [0.05, 0.1) is 46.1 Å². The Hall–Kier alpha value is -3.41. The van der Waals surface area contributed by atoms with Crippen LogP contribution in [0.3, 0.4) is 0 Å². The third-order valence-corrected chi connectivity index (χ3v) is 6.04. The minimum Gasteiger partial charge on any atom is -0.379 e. The van der Waals surface area contributed by atoms with Crippen molar-refractivity contribution in [2.75, 3.05) is 31.6 Å². The van der Waals surface area contributed by atoms with Crippen molar-refractivity contribution in [3.05, 3.63) is 64.3 Å². The monoisotopic (exact) mass is 504 g/mol. The number of H-pyrrole nitrogens is 2. The zero-order chi connectivity index (χ0) is 24.6. The highest BCUT2D eigenvalue weighted by molar-refractivity contribution is 6.34. The second-order valence-corrected chi connectivity index (χ2v) is 8.53. The van der Waals surface area contributed by atoms with Crippen LogP contribution >= 0.6 is 11.6 Å². The van der Waals surface area contributed by atoms with Gasteiger partial charge in [0, 0.05) is 25.8 Å². The Bertz CT molecular complexity index is 1380. The van der Waals surface area contributed by atoms with Crippen LogP contribution in [0.1, 0.15) is 21.5 Å². The topological polar surface area (TPSA) is 98.9 Å². The predicted octanol–water partition coefficient (Wildman–Crippen LogP) is 4.71. The summed E-state index contributed by atoms with van der Waals surface area (Å²) in [4.78, 5) is 22.8. The number of aromatic amines is 2. The summed E-state index contributed by atoms with van der Waals surface area (Å²) in [6.07, 6.45) is -3.18. The third kappa shape index (κ3) is 5.02. The molecule has 3 N–H and O–H groups in total. The summed E-state index contributed by atoms with van der Waals surface area (Å²) in [5, 5.41) is 9.28. The Kier molecular flexibility index (Phi) is 6.22. The minimum atomic E-state index is -4.60. The van der Waals surface area contributed by atoms with Crippen LogP contribution in [0, 0.1) is 0 Å². The molecule has 3 heterocycles. The molecule has 1 saturated heterocycles. The Balaban J connectivity index is 1.38. The van der Waals surface area contributed by atoms with Gasteiger partial charge in [-0.3, -0.25) is 14.8 Å². The smallest absolute Gasteiger partial charge is 0.379 e. The summed E-state index contributed by atoms with van der Waals surface area (Å²) in [6.45, 7) is 3.96. The number of anilines is 1. The lowest BCUT2D eigenvalue weighted by Gasteiger charge is -2.26. The van der Waals surface area contributed by atoms with E-state index in [4.69, 9.17) is 16.3 Å². The summed E-state index contributed by atoms with van der Waals surface area (Å²) in [6, 6.07) is 8.51. The van der Waals surface area contributed by atoms with Crippen molar-refractivity contribution in [3.8, 4) is 11.5 Å². The number of nitrogens with one attached hydrogen (secondary N) is 3. The molecule has 5 rings (SSSR count). The maximum Gasteiger partial charge on any atom is 0.416 e. The normalized spacial score (nSPS) is 15.0. The largest absolute Gasteiger partial charge is 0.416 e. The number of nitrogens with zero attached hydrogens (tertiary/aromatic N) is 3. The van der Waals surface area contributed by atoms with Gasteiger partial charge in [0.15, 0.2) is 11.5 Å². The number of carbonyl (C=O) groups excluding carboxylic acids is 1. The van der Waals surface area contributed by atoms with Gasteiger partial charge in [-0.15, -0.1) is 0 Å². The van der Waals surface area contributed by atoms with Gasteiger partial charge < -0.3 is 15.0 Å². The number of ether oxygens (including phenoxy) is 1. The van der Waals surface area contributed by atoms with Crippen molar-refractivity contribution in [2.24, 2.45) is 0 Å². The number of morpholine rings is 1. The molecule has 1 fully saturated rings. The molecule has 0 unspecified atom stereocenters. The molecule has 4 aromatic rings. The van der Waals surface area contributed by atoms with Crippen molar-refractivity contribution < 1.29 is 22.7 Å². The number of aromatic nitrogens is 4. The zero-order valence-electron chi connectivity index (χ0n) is 18.2. The van der Waals surface area contributed by atoms with Crippen molar-refractivity contribution in [2.45, 2.75) is 12.7 Å². The average Bonchev–Trinajstić information content (AvgIpc) is 3.45. The first-order valence-corrected chi connectivity index (χ1v) is 11.2. The van der Waals surface area contributed by atoms with E-state index in [1.807, 2.05) is 18.2 Å². The molecule has 2 aromatic heterocycles. The van der Waals surface area contributed by atoms with Gasteiger partial charge in [0.25, 0.3) is 5.91 Å². The molecule has 1 amide bonds. The Morgan fingerprint density at radius 1 is 1.17 bits per heavy atom. The van der Waals surface area contributed by atoms with Gasteiger partial charge >= 0.3 is 6.18 Å². The van der Waals surface area contributed by atoms with Crippen LogP contribution in [0.4, 0.5) is 18.9 Å². The molecule has 1 aliphatic rings. The van der Waals surface area contributed by atoms with Crippen LogP contribution in [0.25, 0.3) is 22.6 Å². The summed E-state index contributed by atoms with van der Waals surface area (Å²) >= 11 is 6.00. The average molecular weight is 505 g/mol. The number of amides is 1. The van der Waals surface area contributed by atoms with Gasteiger partial charge in [0.1, 0.15) is 0 Å². The van der Waals surface area contributed by atoms with E-state index in [-0.39, 0.29) is 16.3 Å². The number of rotatable bonds is 5. The molecule has 1 aliphatic heterocycles. The molecule has 35 heavy (non-hydrogen) atoms. The number of alkyl halides is 3. The molecular formula is C23H20ClF3N6O2. The fourth-order valence-corrected chi connectivity index (χ4v) is 4.11. The SMILES string of the molecule is O=C(Nc1c[nH]nc1-c1nc2cc(CN3CCOCC3)ccc2[nH]1)c1cc(C(F)(F)F)ccc1Cl. The standard InChI is InChI=1S/C23H20ClF3N6O2/c24-16-3-2-14(23(25,26)27)10-15(16)22(34)31-19-11-28-32-20(19)21-29-17-4-1-13(9-18(17)30-21)12-33-5-7-35-8-6-33/h1-4,9-11H,5-8,12H2,(H,28,32)(H,29,30)(H,31,34). The second-order valence-electron chi connectivity index (χ2n) is 8.12. The van der Waals surface area contributed by atoms with E-state index >= 15 is 0 Å². The number of hydrogen-bond donors (Lipinski definition) is 3. The second kappa shape index (κ2) is 9.33. The molecule has 0 saturated carbocycles. The fraction of sp³-hybridized carbons (Fsp3) is 0.261. The lowest BCUT2D eigenvalue weighted by molar-refractivity contribution is -0.137. The predicted molar refractivity (Wildman–Crippen MR) is 124 cm³/mol. The first kappa shape index (κ1) is 23.3. The van der Waals surface area contributed by atoms with Gasteiger partial charge in [-0.25, -0.2) is 4.98 Å². The first-order valence-electron chi connectivity index (χ1n) is 10.8. The van der Waals surface area contributed by atoms with E-state index < -0.39 is 17.6 Å². The van der Waals surface area contributed by atoms with Crippen molar-refractivity contribution >= 4 is 34.2 Å². The van der Waals surface area contributed by atoms with Crippen LogP contribution in [0.2, 0.25) is 5.02 Å². The van der Waals surface area contributed by atoms with Crippen molar-refractivity contribution in [1.29, 1.82) is 0 Å². The summed E-state index contributed by atoms with van der Waals surface area (Å²) in [5.74, 6) is -0.400. The number of benzene rings is 2. The molecule has 0 spiro atoms. The number of fused-ring (bicyclic) bond motifs is 1. The fourth-order valence-electron chi connectivity index (χ4n) is 3.91. The molecule has 8 nitrogen and oxygen atoms in total. The van der Waals surface area contributed by atoms with Gasteiger partial charge in [-0.1, -0.05) is 17.7 Å². The van der Waals surface area contributed by atoms with Crippen molar-refractivity contribution in [1.82, 2.24) is 25.1 Å². The van der Waals surface area contributed by atoms with Gasteiger partial charge in [0.2, 0.25) is 0 Å². The highest BCUT2D eigenvalue weighted by Gasteiger charge is 2.32. The summed E-state index contributed by atoms with van der Waals surface area (Å²) in [7, 11) is 0. The quantitative estimate of drug-likeness (QED) is 0.365. The summed E-state index contributed by atoms with van der Waals surface area (Å²) < 4.78 is 44.6. The van der Waals surface area contributed by atoms with Crippen LogP contribution in [0.15, 0.2) is 42.6 Å². The van der Waals surface area contributed by atoms with Crippen LogP contribution < -0.4 is 5.32 Å². The molecule has 0 bridgehead atoms. The number of imidazole rings is 1. The Morgan fingerprint density at radius 3 is 2.74 bits per heavy atom. The number of carbonyl (C=O) groups is 1. The molecule has 2 aromatic carbocycles. The molecule has 0 atom stereocenters. The zero-order valence-corrected chi connectivity index (χ0v) is 19.0. The molecular weight excluding hydrogens is 485 g/mol. The minimum absolute atomic E-state index is 0.0999. The lowest BCUT2D eigenvalue weighted by atomic mass is 10.1. The third-order valence-electron chi connectivity index (χ3n) is 5.71. The van der Waals surface area contributed by atoms with E-state index in [9.17, 15) is 18.0 Å². The van der Waals surface area contributed by atoms with Crippen LogP contribution in [-0.2, 0) is 17.5 Å². The molecule has 0 aliphatic carbocycles. The van der Waals surface area contributed by atoms with E-state index in [1.165, 1.54) is 6.20 Å². The molecule has 12 heteroatoms. The molecule has 0 radical (unpaired) electrons. The maximum atomic E-state index is 13.1. The van der Waals surface area contributed by atoms with E-state index in [1.54, 1.807) is 0 Å². The van der Waals surface area contributed by atoms with E-state index in [0.29, 0.717) is 30.8 Å².